The van der Waals surface area contributed by atoms with Gasteiger partial charge in [0.2, 0.25) is 5.91 Å². The predicted octanol–water partition coefficient (Wildman–Crippen LogP) is 1.56. The fourth-order valence-corrected chi connectivity index (χ4v) is 2.24. The molecule has 1 aliphatic rings. The first-order valence-electron chi connectivity index (χ1n) is 6.23. The van der Waals surface area contributed by atoms with Crippen LogP contribution in [0.2, 0.25) is 0 Å². The van der Waals surface area contributed by atoms with Crippen molar-refractivity contribution in [2.24, 2.45) is 5.73 Å². The van der Waals surface area contributed by atoms with E-state index in [1.807, 2.05) is 7.05 Å². The summed E-state index contributed by atoms with van der Waals surface area (Å²) in [6.07, 6.45) is -4.51. The van der Waals surface area contributed by atoms with E-state index in [0.29, 0.717) is 26.2 Å². The molecule has 1 heterocycles. The molecule has 0 unspecified atom stereocenters. The van der Waals surface area contributed by atoms with E-state index in [9.17, 15) is 18.0 Å². The molecule has 0 spiro atoms. The Kier molecular flexibility index (Phi) is 3.89. The number of carbonyl (C=O) groups is 1. The van der Waals surface area contributed by atoms with Gasteiger partial charge in [-0.15, -0.1) is 0 Å². The summed E-state index contributed by atoms with van der Waals surface area (Å²) in [5.41, 5.74) is 4.22. The van der Waals surface area contributed by atoms with Crippen molar-refractivity contribution in [2.75, 3.05) is 38.1 Å². The maximum absolute atomic E-state index is 13.1. The Morgan fingerprint density at radius 2 is 1.80 bits per heavy atom. The van der Waals surface area contributed by atoms with E-state index < -0.39 is 17.6 Å². The monoisotopic (exact) mass is 287 g/mol. The molecule has 0 saturated carbocycles. The van der Waals surface area contributed by atoms with Crippen LogP contribution < -0.4 is 10.6 Å². The second-order valence-electron chi connectivity index (χ2n) is 4.88. The van der Waals surface area contributed by atoms with Gasteiger partial charge in [-0.2, -0.15) is 13.2 Å². The Morgan fingerprint density at radius 1 is 1.20 bits per heavy atom. The first kappa shape index (κ1) is 14.6. The van der Waals surface area contributed by atoms with E-state index >= 15 is 0 Å². The third-order valence-corrected chi connectivity index (χ3v) is 3.43. The molecule has 0 bridgehead atoms. The van der Waals surface area contributed by atoms with Gasteiger partial charge in [0.1, 0.15) is 0 Å². The van der Waals surface area contributed by atoms with E-state index in [1.165, 1.54) is 12.1 Å². The Balaban J connectivity index is 2.39. The number of halogens is 3. The highest BCUT2D eigenvalue weighted by molar-refractivity contribution is 5.93. The quantitative estimate of drug-likeness (QED) is 0.898. The van der Waals surface area contributed by atoms with E-state index in [4.69, 9.17) is 5.73 Å². The summed E-state index contributed by atoms with van der Waals surface area (Å²) in [5.74, 6) is -0.861. The number of hydrogen-bond acceptors (Lipinski definition) is 3. The van der Waals surface area contributed by atoms with Gasteiger partial charge in [0.25, 0.3) is 0 Å². The third-order valence-electron chi connectivity index (χ3n) is 3.43. The summed E-state index contributed by atoms with van der Waals surface area (Å²) < 4.78 is 39.4. The van der Waals surface area contributed by atoms with E-state index in [2.05, 4.69) is 4.90 Å². The number of anilines is 1. The fraction of sp³-hybridized carbons (Fsp3) is 0.462. The van der Waals surface area contributed by atoms with Crippen LogP contribution in [-0.4, -0.2) is 44.0 Å². The second kappa shape index (κ2) is 5.32. The molecule has 0 aliphatic carbocycles. The largest absolute Gasteiger partial charge is 0.418 e. The molecule has 1 amide bonds. The lowest BCUT2D eigenvalue weighted by Crippen LogP contribution is -2.45. The maximum Gasteiger partial charge on any atom is 0.418 e. The highest BCUT2D eigenvalue weighted by Gasteiger charge is 2.36. The van der Waals surface area contributed by atoms with E-state index in [1.54, 1.807) is 4.90 Å². The normalized spacial score (nSPS) is 17.3. The molecule has 2 N–H and O–H groups in total. The van der Waals surface area contributed by atoms with Crippen LogP contribution >= 0.6 is 0 Å². The molecule has 1 saturated heterocycles. The summed E-state index contributed by atoms with van der Waals surface area (Å²) in [5, 5.41) is 0. The van der Waals surface area contributed by atoms with Crippen LogP contribution in [0.5, 0.6) is 0 Å². The second-order valence-corrected chi connectivity index (χ2v) is 4.88. The fourth-order valence-electron chi connectivity index (χ4n) is 2.24. The Bertz CT molecular complexity index is 508. The number of nitrogens with zero attached hydrogens (tertiary/aromatic N) is 2. The van der Waals surface area contributed by atoms with Crippen molar-refractivity contribution in [3.8, 4) is 0 Å². The zero-order valence-electron chi connectivity index (χ0n) is 11.1. The number of piperazine rings is 1. The first-order chi connectivity index (χ1) is 9.29. The lowest BCUT2D eigenvalue weighted by atomic mass is 10.1. The zero-order valence-corrected chi connectivity index (χ0v) is 11.1. The maximum atomic E-state index is 13.1. The number of nitrogens with two attached hydrogens (primary N) is 1. The molecule has 0 radical (unpaired) electrons. The summed E-state index contributed by atoms with van der Waals surface area (Å²) in [6, 6.07) is 3.50. The molecule has 20 heavy (non-hydrogen) atoms. The highest BCUT2D eigenvalue weighted by Crippen LogP contribution is 2.37. The number of alkyl halides is 3. The number of likely N-dealkylation sites (N-methyl/N-ethyl adjacent to an activating group) is 1. The number of primary amides is 1. The Morgan fingerprint density at radius 3 is 2.30 bits per heavy atom. The molecule has 0 aromatic heterocycles. The lowest BCUT2D eigenvalue weighted by molar-refractivity contribution is -0.137. The molecule has 4 nitrogen and oxygen atoms in total. The van der Waals surface area contributed by atoms with Gasteiger partial charge in [-0.3, -0.25) is 4.79 Å². The van der Waals surface area contributed by atoms with Crippen molar-refractivity contribution in [1.29, 1.82) is 0 Å². The Hall–Kier alpha value is -1.76. The van der Waals surface area contributed by atoms with E-state index in [-0.39, 0.29) is 11.3 Å². The third kappa shape index (κ3) is 3.04. The molecule has 1 aliphatic heterocycles. The molecule has 1 aromatic carbocycles. The highest BCUT2D eigenvalue weighted by atomic mass is 19.4. The molecular formula is C13H16F3N3O. The number of carbonyl (C=O) groups excluding carboxylic acids is 1. The van der Waals surface area contributed by atoms with Crippen LogP contribution in [0.3, 0.4) is 0 Å². The smallest absolute Gasteiger partial charge is 0.368 e. The summed E-state index contributed by atoms with van der Waals surface area (Å²) in [7, 11) is 1.93. The summed E-state index contributed by atoms with van der Waals surface area (Å²) in [4.78, 5) is 14.8. The van der Waals surface area contributed by atoms with Gasteiger partial charge in [-0.05, 0) is 25.2 Å². The number of hydrogen-bond donors (Lipinski definition) is 1. The molecule has 1 fully saturated rings. The van der Waals surface area contributed by atoms with Gasteiger partial charge >= 0.3 is 6.18 Å². The minimum absolute atomic E-state index is 0.107. The first-order valence-corrected chi connectivity index (χ1v) is 6.23. The van der Waals surface area contributed by atoms with Crippen LogP contribution in [-0.2, 0) is 6.18 Å². The van der Waals surface area contributed by atoms with Crippen molar-refractivity contribution < 1.29 is 18.0 Å². The van der Waals surface area contributed by atoms with Crippen molar-refractivity contribution in [1.82, 2.24) is 4.90 Å². The van der Waals surface area contributed by atoms with Gasteiger partial charge in [0.15, 0.2) is 0 Å². The van der Waals surface area contributed by atoms with Crippen molar-refractivity contribution >= 4 is 11.6 Å². The van der Waals surface area contributed by atoms with Crippen LogP contribution in [0.1, 0.15) is 15.9 Å². The van der Waals surface area contributed by atoms with Crippen LogP contribution in [0.4, 0.5) is 18.9 Å². The van der Waals surface area contributed by atoms with E-state index in [0.717, 1.165) is 6.07 Å². The van der Waals surface area contributed by atoms with Crippen molar-refractivity contribution in [3.63, 3.8) is 0 Å². The summed E-state index contributed by atoms with van der Waals surface area (Å²) >= 11 is 0. The minimum atomic E-state index is -4.51. The van der Waals surface area contributed by atoms with Crippen molar-refractivity contribution in [3.05, 3.63) is 29.3 Å². The number of benzene rings is 1. The van der Waals surface area contributed by atoms with Gasteiger partial charge in [0.05, 0.1) is 5.56 Å². The van der Waals surface area contributed by atoms with Crippen LogP contribution in [0, 0.1) is 0 Å². The molecule has 7 heteroatoms. The molecule has 0 atom stereocenters. The van der Waals surface area contributed by atoms with Gasteiger partial charge < -0.3 is 15.5 Å². The SMILES string of the molecule is CN1CCN(c2ccc(C(N)=O)cc2C(F)(F)F)CC1. The standard InChI is InChI=1S/C13H16F3N3O/c1-18-4-6-19(7-5-18)11-3-2-9(12(17)20)8-10(11)13(14,15)16/h2-3,8H,4-7H2,1H3,(H2,17,20). The molecule has 2 rings (SSSR count). The lowest BCUT2D eigenvalue weighted by Gasteiger charge is -2.35. The summed E-state index contributed by atoms with van der Waals surface area (Å²) in [6.45, 7) is 2.45. The number of amides is 1. The van der Waals surface area contributed by atoms with Crippen LogP contribution in [0.25, 0.3) is 0 Å². The molecule has 110 valence electrons. The van der Waals surface area contributed by atoms with Crippen LogP contribution in [0.15, 0.2) is 18.2 Å². The van der Waals surface area contributed by atoms with Gasteiger partial charge in [-0.1, -0.05) is 0 Å². The zero-order chi connectivity index (χ0) is 14.9. The number of rotatable bonds is 2. The molecule has 1 aromatic rings. The average molecular weight is 287 g/mol. The van der Waals surface area contributed by atoms with Gasteiger partial charge in [-0.25, -0.2) is 0 Å². The minimum Gasteiger partial charge on any atom is -0.368 e. The predicted molar refractivity (Wildman–Crippen MR) is 69.7 cm³/mol. The topological polar surface area (TPSA) is 49.6 Å². The van der Waals surface area contributed by atoms with Gasteiger partial charge in [0, 0.05) is 37.4 Å². The molecular weight excluding hydrogens is 271 g/mol. The van der Waals surface area contributed by atoms with Crippen molar-refractivity contribution in [2.45, 2.75) is 6.18 Å². The average Bonchev–Trinajstić information content (AvgIpc) is 2.38. The Labute approximate surface area is 114 Å².